The van der Waals surface area contributed by atoms with Crippen molar-refractivity contribution in [1.29, 1.82) is 0 Å². The van der Waals surface area contributed by atoms with Gasteiger partial charge >= 0.3 is 6.09 Å². The SMILES string of the molecule is CCC(C)CNC(=O)CC(O)C(CC(C)C)NC(=O)[C@H](Cc1cscn1)NC(=O)[C@H](Cc1ccncc1)NC(=O)OCc1ccccc1. The van der Waals surface area contributed by atoms with E-state index in [9.17, 15) is 24.3 Å². The average molecular weight is 681 g/mol. The Bertz CT molecular complexity index is 1410. The molecule has 5 N–H and O–H groups in total. The quantitative estimate of drug-likeness (QED) is 0.128. The van der Waals surface area contributed by atoms with Gasteiger partial charge in [-0.25, -0.2) is 9.78 Å². The predicted molar refractivity (Wildman–Crippen MR) is 184 cm³/mol. The van der Waals surface area contributed by atoms with Gasteiger partial charge in [-0.2, -0.15) is 0 Å². The molecular formula is C35H48N6O6S. The lowest BCUT2D eigenvalue weighted by Gasteiger charge is -2.29. The topological polar surface area (TPSA) is 172 Å². The minimum absolute atomic E-state index is 0.0142. The highest BCUT2D eigenvalue weighted by Crippen LogP contribution is 2.14. The third-order valence-corrected chi connectivity index (χ3v) is 8.43. The fourth-order valence-electron chi connectivity index (χ4n) is 4.84. The number of carbonyl (C=O) groups excluding carboxylic acids is 4. The number of benzene rings is 1. The Morgan fingerprint density at radius 2 is 1.58 bits per heavy atom. The van der Waals surface area contributed by atoms with Gasteiger partial charge in [0.25, 0.3) is 0 Å². The Morgan fingerprint density at radius 1 is 0.896 bits per heavy atom. The molecule has 0 saturated heterocycles. The molecular weight excluding hydrogens is 632 g/mol. The summed E-state index contributed by atoms with van der Waals surface area (Å²) in [7, 11) is 0. The van der Waals surface area contributed by atoms with Gasteiger partial charge in [-0.15, -0.1) is 11.3 Å². The van der Waals surface area contributed by atoms with E-state index in [0.717, 1.165) is 17.5 Å². The minimum atomic E-state index is -1.15. The van der Waals surface area contributed by atoms with E-state index >= 15 is 0 Å². The fourth-order valence-corrected chi connectivity index (χ4v) is 5.41. The number of aromatic nitrogens is 2. The molecule has 0 radical (unpaired) electrons. The zero-order chi connectivity index (χ0) is 34.9. The first kappa shape index (κ1) is 38.1. The van der Waals surface area contributed by atoms with Gasteiger partial charge in [-0.3, -0.25) is 19.4 Å². The van der Waals surface area contributed by atoms with Crippen molar-refractivity contribution < 1.29 is 29.0 Å². The second-order valence-electron chi connectivity index (χ2n) is 12.4. The number of carbonyl (C=O) groups is 4. The van der Waals surface area contributed by atoms with E-state index in [2.05, 4.69) is 31.2 Å². The molecule has 2 aromatic heterocycles. The monoisotopic (exact) mass is 680 g/mol. The van der Waals surface area contributed by atoms with Gasteiger partial charge in [0, 0.05) is 37.2 Å². The third-order valence-electron chi connectivity index (χ3n) is 7.80. The number of amides is 4. The van der Waals surface area contributed by atoms with E-state index in [4.69, 9.17) is 4.74 Å². The number of nitrogens with one attached hydrogen (secondary N) is 4. The fraction of sp³-hybridized carbons (Fsp3) is 0.486. The number of alkyl carbamates (subject to hydrolysis) is 1. The Kier molecular flexibility index (Phi) is 16.0. The molecule has 3 unspecified atom stereocenters. The first-order chi connectivity index (χ1) is 23.0. The molecule has 3 rings (SSSR count). The number of hydrogen-bond donors (Lipinski definition) is 5. The summed E-state index contributed by atoms with van der Waals surface area (Å²) in [5.74, 6) is -1.06. The van der Waals surface area contributed by atoms with Gasteiger partial charge in [0.05, 0.1) is 29.8 Å². The summed E-state index contributed by atoms with van der Waals surface area (Å²) in [6.45, 7) is 8.49. The second-order valence-corrected chi connectivity index (χ2v) is 13.1. The summed E-state index contributed by atoms with van der Waals surface area (Å²) in [6.07, 6.45) is 2.55. The maximum atomic E-state index is 13.8. The zero-order valence-corrected chi connectivity index (χ0v) is 28.9. The smallest absolute Gasteiger partial charge is 0.408 e. The Hall–Kier alpha value is -4.36. The number of hydrogen-bond acceptors (Lipinski definition) is 9. The molecule has 3 aromatic rings. The maximum absolute atomic E-state index is 13.8. The van der Waals surface area contributed by atoms with Crippen LogP contribution in [0.4, 0.5) is 4.79 Å². The normalized spacial score (nSPS) is 14.2. The number of nitrogens with zero attached hydrogens (tertiary/aromatic N) is 2. The van der Waals surface area contributed by atoms with Crippen LogP contribution < -0.4 is 21.3 Å². The van der Waals surface area contributed by atoms with Crippen LogP contribution in [0.1, 0.15) is 63.8 Å². The number of rotatable bonds is 19. The lowest BCUT2D eigenvalue weighted by molar-refractivity contribution is -0.131. The summed E-state index contributed by atoms with van der Waals surface area (Å²) in [5.41, 5.74) is 3.74. The number of pyridine rings is 1. The van der Waals surface area contributed by atoms with Crippen LogP contribution in [-0.2, 0) is 38.6 Å². The van der Waals surface area contributed by atoms with E-state index in [-0.39, 0.29) is 37.7 Å². The van der Waals surface area contributed by atoms with Crippen LogP contribution in [-0.4, -0.2) is 69.7 Å². The van der Waals surface area contributed by atoms with Gasteiger partial charge in [0.2, 0.25) is 17.7 Å². The van der Waals surface area contributed by atoms with E-state index in [1.54, 1.807) is 35.4 Å². The highest BCUT2D eigenvalue weighted by atomic mass is 32.1. The maximum Gasteiger partial charge on any atom is 0.408 e. The molecule has 0 saturated carbocycles. The largest absolute Gasteiger partial charge is 0.445 e. The van der Waals surface area contributed by atoms with Crippen LogP contribution in [0.15, 0.2) is 65.7 Å². The molecule has 0 aliphatic heterocycles. The van der Waals surface area contributed by atoms with Gasteiger partial charge in [0.15, 0.2) is 0 Å². The van der Waals surface area contributed by atoms with E-state index in [0.29, 0.717) is 24.6 Å². The Balaban J connectivity index is 1.76. The van der Waals surface area contributed by atoms with Crippen molar-refractivity contribution in [3.8, 4) is 0 Å². The summed E-state index contributed by atoms with van der Waals surface area (Å²) in [6, 6.07) is 9.68. The molecule has 4 amide bonds. The average Bonchev–Trinajstić information content (AvgIpc) is 3.59. The highest BCUT2D eigenvalue weighted by molar-refractivity contribution is 7.07. The van der Waals surface area contributed by atoms with Crippen LogP contribution >= 0.6 is 11.3 Å². The summed E-state index contributed by atoms with van der Waals surface area (Å²) >= 11 is 1.36. The van der Waals surface area contributed by atoms with E-state index in [1.165, 1.54) is 11.3 Å². The standard InChI is InChI=1S/C35H48N6O6S/c1-5-24(4)19-37-32(43)18-31(42)28(15-23(2)3)39-34(45)30(17-27-21-48-22-38-27)40-33(44)29(16-25-11-13-36-14-12-25)41-35(46)47-20-26-9-7-6-8-10-26/h6-14,21-24,28-31,42H,5,15-20H2,1-4H3,(H,37,43)(H,39,45)(H,40,44)(H,41,46)/t24?,28?,29-,30-,31?/m0/s1. The van der Waals surface area contributed by atoms with Crippen LogP contribution in [0.2, 0.25) is 0 Å². The van der Waals surface area contributed by atoms with Crippen LogP contribution in [0.25, 0.3) is 0 Å². The molecule has 13 heteroatoms. The molecule has 0 aliphatic rings. The number of aliphatic hydroxyl groups is 1. The minimum Gasteiger partial charge on any atom is -0.445 e. The van der Waals surface area contributed by atoms with Gasteiger partial charge < -0.3 is 31.1 Å². The zero-order valence-electron chi connectivity index (χ0n) is 28.1. The number of aliphatic hydroxyl groups excluding tert-OH is 1. The van der Waals surface area contributed by atoms with Crippen molar-refractivity contribution in [2.24, 2.45) is 11.8 Å². The third kappa shape index (κ3) is 13.8. The van der Waals surface area contributed by atoms with Crippen molar-refractivity contribution in [3.63, 3.8) is 0 Å². The number of thiazole rings is 1. The molecule has 5 atom stereocenters. The van der Waals surface area contributed by atoms with E-state index < -0.39 is 42.1 Å². The van der Waals surface area contributed by atoms with Crippen LogP contribution in [0, 0.1) is 11.8 Å². The van der Waals surface area contributed by atoms with Crippen molar-refractivity contribution >= 4 is 35.2 Å². The Morgan fingerprint density at radius 3 is 2.23 bits per heavy atom. The van der Waals surface area contributed by atoms with Crippen molar-refractivity contribution in [3.05, 3.63) is 82.6 Å². The molecule has 0 bridgehead atoms. The first-order valence-corrected chi connectivity index (χ1v) is 17.3. The highest BCUT2D eigenvalue weighted by Gasteiger charge is 2.31. The van der Waals surface area contributed by atoms with Crippen LogP contribution in [0.3, 0.4) is 0 Å². The lowest BCUT2D eigenvalue weighted by Crippen LogP contribution is -2.57. The van der Waals surface area contributed by atoms with Gasteiger partial charge in [0.1, 0.15) is 18.7 Å². The van der Waals surface area contributed by atoms with Crippen LogP contribution in [0.5, 0.6) is 0 Å². The molecule has 48 heavy (non-hydrogen) atoms. The number of ether oxygens (including phenoxy) is 1. The first-order valence-electron chi connectivity index (χ1n) is 16.3. The molecule has 0 fully saturated rings. The van der Waals surface area contributed by atoms with E-state index in [1.807, 2.05) is 58.0 Å². The molecule has 1 aromatic carbocycles. The predicted octanol–water partition coefficient (Wildman–Crippen LogP) is 3.55. The van der Waals surface area contributed by atoms with Gasteiger partial charge in [-0.1, -0.05) is 64.4 Å². The van der Waals surface area contributed by atoms with Crippen molar-refractivity contribution in [1.82, 2.24) is 31.2 Å². The lowest BCUT2D eigenvalue weighted by atomic mass is 9.96. The Labute approximate surface area is 286 Å². The second kappa shape index (κ2) is 20.1. The summed E-state index contributed by atoms with van der Waals surface area (Å²) < 4.78 is 5.38. The molecule has 260 valence electrons. The van der Waals surface area contributed by atoms with Crippen molar-refractivity contribution in [2.75, 3.05) is 6.54 Å². The molecule has 0 aliphatic carbocycles. The molecule has 2 heterocycles. The van der Waals surface area contributed by atoms with Crippen molar-refractivity contribution in [2.45, 2.75) is 90.6 Å². The summed E-state index contributed by atoms with van der Waals surface area (Å²) in [4.78, 5) is 61.4. The summed E-state index contributed by atoms with van der Waals surface area (Å²) in [5, 5.41) is 24.0. The molecule has 12 nitrogen and oxygen atoms in total. The van der Waals surface area contributed by atoms with Gasteiger partial charge in [-0.05, 0) is 41.5 Å². The molecule has 0 spiro atoms.